The van der Waals surface area contributed by atoms with E-state index in [2.05, 4.69) is 9.80 Å². The van der Waals surface area contributed by atoms with Crippen LogP contribution >= 0.6 is 0 Å². The van der Waals surface area contributed by atoms with E-state index < -0.39 is 18.4 Å². The van der Waals surface area contributed by atoms with Crippen molar-refractivity contribution in [2.45, 2.75) is 114 Å². The first-order valence-corrected chi connectivity index (χ1v) is 13.0. The quantitative estimate of drug-likeness (QED) is 0.585. The molecule has 0 amide bonds. The van der Waals surface area contributed by atoms with Gasteiger partial charge in [0.1, 0.15) is 18.9 Å². The summed E-state index contributed by atoms with van der Waals surface area (Å²) in [5.41, 5.74) is 21.5. The van der Waals surface area contributed by atoms with Gasteiger partial charge in [0, 0.05) is 23.8 Å². The summed E-state index contributed by atoms with van der Waals surface area (Å²) in [6.45, 7) is 0. The molecule has 1 aromatic rings. The minimum atomic E-state index is -0.519. The number of nitrogens with two attached hydrogens (primary N) is 3. The van der Waals surface area contributed by atoms with Gasteiger partial charge in [-0.25, -0.2) is 14.2 Å². The Balaban J connectivity index is 1.70. The first kappa shape index (κ1) is 24.7. The lowest BCUT2D eigenvalue weighted by Crippen LogP contribution is -2.81. The molecule has 0 radical (unpaired) electrons. The van der Waals surface area contributed by atoms with Crippen molar-refractivity contribution in [1.29, 1.82) is 0 Å². The Hall–Kier alpha value is -1.45. The molecular formula is C25H43FN6O. The van der Waals surface area contributed by atoms with Gasteiger partial charge < -0.3 is 15.4 Å². The number of anilines is 1. The number of halogens is 1. The lowest BCUT2D eigenvalue weighted by molar-refractivity contribution is -0.108. The van der Waals surface area contributed by atoms with Gasteiger partial charge in [0.25, 0.3) is 0 Å². The summed E-state index contributed by atoms with van der Waals surface area (Å²) in [6.07, 6.45) is 14.0. The molecule has 4 rings (SSSR count). The molecule has 0 aromatic heterocycles. The third-order valence-corrected chi connectivity index (χ3v) is 7.97. The van der Waals surface area contributed by atoms with Gasteiger partial charge in [-0.2, -0.15) is 0 Å². The molecule has 7 nitrogen and oxygen atoms in total. The van der Waals surface area contributed by atoms with Crippen LogP contribution < -0.4 is 26.8 Å². The fourth-order valence-corrected chi connectivity index (χ4v) is 6.18. The summed E-state index contributed by atoms with van der Waals surface area (Å²) in [4.78, 5) is 6.48. The summed E-state index contributed by atoms with van der Waals surface area (Å²) in [5, 5.41) is 0. The SMILES string of the molecule is COc1ccc(N2C(N)N(C3CCCCCCC3)C(N)N(C3CCCCCC3)C2N)cc1F. The van der Waals surface area contributed by atoms with Crippen LogP contribution in [0, 0.1) is 5.82 Å². The highest BCUT2D eigenvalue weighted by atomic mass is 19.1. The van der Waals surface area contributed by atoms with Crippen LogP contribution in [-0.2, 0) is 0 Å². The highest BCUT2D eigenvalue weighted by Gasteiger charge is 2.47. The van der Waals surface area contributed by atoms with Crippen LogP contribution in [0.4, 0.5) is 10.1 Å². The normalized spacial score (nSPS) is 30.0. The number of rotatable bonds is 4. The van der Waals surface area contributed by atoms with Gasteiger partial charge >= 0.3 is 0 Å². The fraction of sp³-hybridized carbons (Fsp3) is 0.760. The van der Waals surface area contributed by atoms with Crippen molar-refractivity contribution in [2.24, 2.45) is 17.2 Å². The van der Waals surface area contributed by atoms with Crippen LogP contribution in [0.25, 0.3) is 0 Å². The van der Waals surface area contributed by atoms with Gasteiger partial charge in [-0.3, -0.25) is 11.5 Å². The summed E-state index contributed by atoms with van der Waals surface area (Å²) < 4.78 is 19.8. The van der Waals surface area contributed by atoms with E-state index in [9.17, 15) is 4.39 Å². The van der Waals surface area contributed by atoms with E-state index in [-0.39, 0.29) is 12.0 Å². The molecule has 0 spiro atoms. The maximum absolute atomic E-state index is 14.7. The van der Waals surface area contributed by atoms with Gasteiger partial charge in [0.15, 0.2) is 11.6 Å². The van der Waals surface area contributed by atoms with Crippen molar-refractivity contribution in [2.75, 3.05) is 12.0 Å². The van der Waals surface area contributed by atoms with Crippen molar-refractivity contribution in [3.05, 3.63) is 24.0 Å². The van der Waals surface area contributed by atoms with Crippen molar-refractivity contribution in [3.63, 3.8) is 0 Å². The Morgan fingerprint density at radius 1 is 0.727 bits per heavy atom. The van der Waals surface area contributed by atoms with Crippen LogP contribution in [0.1, 0.15) is 83.5 Å². The van der Waals surface area contributed by atoms with Gasteiger partial charge in [-0.1, -0.05) is 57.8 Å². The molecule has 3 unspecified atom stereocenters. The highest BCUT2D eigenvalue weighted by molar-refractivity contribution is 5.51. The van der Waals surface area contributed by atoms with Crippen LogP contribution in [0.15, 0.2) is 18.2 Å². The molecule has 1 saturated heterocycles. The van der Waals surface area contributed by atoms with E-state index in [4.69, 9.17) is 21.9 Å². The van der Waals surface area contributed by atoms with Gasteiger partial charge in [0.05, 0.1) is 7.11 Å². The van der Waals surface area contributed by atoms with E-state index in [1.54, 1.807) is 6.07 Å². The third-order valence-electron chi connectivity index (χ3n) is 7.97. The standard InChI is InChI=1S/C25H43FN6O/c1-33-22-16-15-20(17-21(22)26)32-24(28)30(18-11-7-3-2-4-8-12-18)23(27)31(25(32)29)19-13-9-5-6-10-14-19/h15-19,23-25H,2-14,27-29H2,1H3. The number of nitrogens with zero attached hydrogens (tertiary/aromatic N) is 3. The van der Waals surface area contributed by atoms with Crippen molar-refractivity contribution < 1.29 is 9.13 Å². The van der Waals surface area contributed by atoms with Crippen molar-refractivity contribution in [1.82, 2.24) is 9.80 Å². The molecule has 33 heavy (non-hydrogen) atoms. The second-order valence-corrected chi connectivity index (χ2v) is 10.0. The second kappa shape index (κ2) is 11.3. The van der Waals surface area contributed by atoms with E-state index in [0.717, 1.165) is 25.7 Å². The van der Waals surface area contributed by atoms with Crippen LogP contribution in [0.3, 0.4) is 0 Å². The summed E-state index contributed by atoms with van der Waals surface area (Å²) in [5.74, 6) is -0.199. The van der Waals surface area contributed by atoms with E-state index >= 15 is 0 Å². The molecule has 0 bridgehead atoms. The number of benzene rings is 1. The molecule has 8 heteroatoms. The molecular weight excluding hydrogens is 419 g/mol. The maximum Gasteiger partial charge on any atom is 0.167 e. The number of hydrogen-bond acceptors (Lipinski definition) is 7. The molecule has 1 aromatic carbocycles. The number of ether oxygens (including phenoxy) is 1. The van der Waals surface area contributed by atoms with Gasteiger partial charge in [-0.05, 0) is 37.8 Å². The van der Waals surface area contributed by atoms with Gasteiger partial charge in [0.2, 0.25) is 0 Å². The highest BCUT2D eigenvalue weighted by Crippen LogP contribution is 2.36. The average Bonchev–Trinajstić information content (AvgIpc) is 3.04. The second-order valence-electron chi connectivity index (χ2n) is 10.0. The zero-order chi connectivity index (χ0) is 23.4. The summed E-state index contributed by atoms with van der Waals surface area (Å²) >= 11 is 0. The smallest absolute Gasteiger partial charge is 0.167 e. The predicted octanol–water partition coefficient (Wildman–Crippen LogP) is 3.82. The van der Waals surface area contributed by atoms with Crippen LogP contribution in [0.2, 0.25) is 0 Å². The Kier molecular flexibility index (Phi) is 8.46. The molecule has 1 heterocycles. The predicted molar refractivity (Wildman–Crippen MR) is 131 cm³/mol. The molecule has 2 saturated carbocycles. The van der Waals surface area contributed by atoms with E-state index in [0.29, 0.717) is 17.8 Å². The first-order chi connectivity index (χ1) is 16.0. The molecule has 2 aliphatic carbocycles. The monoisotopic (exact) mass is 462 g/mol. The molecule has 3 atom stereocenters. The minimum Gasteiger partial charge on any atom is -0.494 e. The maximum atomic E-state index is 14.7. The Morgan fingerprint density at radius 3 is 1.61 bits per heavy atom. The Bertz CT molecular complexity index is 750. The lowest BCUT2D eigenvalue weighted by atomic mass is 9.95. The zero-order valence-corrected chi connectivity index (χ0v) is 20.2. The van der Waals surface area contributed by atoms with Gasteiger partial charge in [-0.15, -0.1) is 0 Å². The third kappa shape index (κ3) is 5.30. The number of methoxy groups -OCH3 is 1. The summed E-state index contributed by atoms with van der Waals surface area (Å²) in [7, 11) is 1.47. The van der Waals surface area contributed by atoms with Crippen molar-refractivity contribution >= 4 is 5.69 Å². The fourth-order valence-electron chi connectivity index (χ4n) is 6.18. The molecule has 6 N–H and O–H groups in total. The van der Waals surface area contributed by atoms with E-state index in [1.807, 2.05) is 11.0 Å². The van der Waals surface area contributed by atoms with Crippen LogP contribution in [0.5, 0.6) is 5.75 Å². The first-order valence-electron chi connectivity index (χ1n) is 13.0. The molecule has 186 valence electrons. The van der Waals surface area contributed by atoms with Crippen molar-refractivity contribution in [3.8, 4) is 5.75 Å². The lowest BCUT2D eigenvalue weighted by Gasteiger charge is -2.59. The topological polar surface area (TPSA) is 97.0 Å². The molecule has 1 aliphatic heterocycles. The molecule has 3 fully saturated rings. The average molecular weight is 463 g/mol. The number of hydrogen-bond donors (Lipinski definition) is 3. The largest absolute Gasteiger partial charge is 0.494 e. The molecule has 3 aliphatic rings. The minimum absolute atomic E-state index is 0.215. The zero-order valence-electron chi connectivity index (χ0n) is 20.2. The summed E-state index contributed by atoms with van der Waals surface area (Å²) in [6, 6.07) is 5.57. The Morgan fingerprint density at radius 2 is 1.18 bits per heavy atom. The van der Waals surface area contributed by atoms with E-state index in [1.165, 1.54) is 71.0 Å². The Labute approximate surface area is 198 Å². The van der Waals surface area contributed by atoms with Crippen LogP contribution in [-0.4, -0.2) is 47.9 Å².